The van der Waals surface area contributed by atoms with Crippen molar-refractivity contribution < 1.29 is 9.13 Å². The highest BCUT2D eigenvalue weighted by Crippen LogP contribution is 2.24. The number of rotatable bonds is 6. The highest BCUT2D eigenvalue weighted by molar-refractivity contribution is 9.10. The third-order valence-corrected chi connectivity index (χ3v) is 3.70. The summed E-state index contributed by atoms with van der Waals surface area (Å²) in [6, 6.07) is 8.72. The van der Waals surface area contributed by atoms with Gasteiger partial charge in [0.25, 0.3) is 0 Å². The van der Waals surface area contributed by atoms with Crippen LogP contribution in [0.2, 0.25) is 0 Å². The van der Waals surface area contributed by atoms with Crippen molar-refractivity contribution in [1.29, 1.82) is 0 Å². The average molecular weight is 353 g/mol. The number of ether oxygens (including phenoxy) is 1. The fraction of sp³-hybridized carbons (Fsp3) is 0.312. The van der Waals surface area contributed by atoms with Crippen LogP contribution in [0, 0.1) is 5.82 Å². The van der Waals surface area contributed by atoms with Gasteiger partial charge in [-0.2, -0.15) is 0 Å². The third kappa shape index (κ3) is 4.25. The maximum atomic E-state index is 14.2. The monoisotopic (exact) mass is 352 g/mol. The summed E-state index contributed by atoms with van der Waals surface area (Å²) >= 11 is 3.36. The number of methoxy groups -OCH3 is 1. The van der Waals surface area contributed by atoms with Gasteiger partial charge in [-0.3, -0.25) is 4.98 Å². The molecule has 3 nitrogen and oxygen atoms in total. The molecule has 0 aliphatic heterocycles. The Morgan fingerprint density at radius 3 is 2.71 bits per heavy atom. The van der Waals surface area contributed by atoms with Crippen LogP contribution in [0.3, 0.4) is 0 Å². The zero-order valence-electron chi connectivity index (χ0n) is 12.1. The molecule has 0 amide bonds. The number of benzene rings is 1. The van der Waals surface area contributed by atoms with Gasteiger partial charge in [-0.25, -0.2) is 4.39 Å². The molecule has 1 atom stereocenters. The second kappa shape index (κ2) is 7.52. The molecule has 2 aromatic rings. The molecule has 1 unspecified atom stereocenters. The first-order chi connectivity index (χ1) is 10.1. The van der Waals surface area contributed by atoms with Crippen molar-refractivity contribution in [2.75, 3.05) is 13.7 Å². The molecule has 21 heavy (non-hydrogen) atoms. The van der Waals surface area contributed by atoms with E-state index in [1.165, 1.54) is 13.2 Å². The van der Waals surface area contributed by atoms with Gasteiger partial charge in [-0.1, -0.05) is 13.0 Å². The van der Waals surface area contributed by atoms with E-state index >= 15 is 0 Å². The van der Waals surface area contributed by atoms with Crippen LogP contribution in [0.5, 0.6) is 5.75 Å². The van der Waals surface area contributed by atoms with E-state index in [0.717, 1.165) is 16.7 Å². The Hall–Kier alpha value is -1.46. The summed E-state index contributed by atoms with van der Waals surface area (Å²) in [5.74, 6) is 0.255. The lowest BCUT2D eigenvalue weighted by Crippen LogP contribution is -2.24. The Bertz CT molecular complexity index is 589. The van der Waals surface area contributed by atoms with E-state index in [2.05, 4.69) is 26.2 Å². The molecule has 0 saturated carbocycles. The molecule has 2 rings (SSSR count). The SMILES string of the molecule is CCNC(Cc1ccc(Br)cn1)c1ccc(OC)cc1F. The molecular formula is C16H18BrFN2O. The molecule has 0 bridgehead atoms. The van der Waals surface area contributed by atoms with Crippen LogP contribution < -0.4 is 10.1 Å². The van der Waals surface area contributed by atoms with E-state index in [1.54, 1.807) is 18.3 Å². The van der Waals surface area contributed by atoms with Gasteiger partial charge in [0.05, 0.1) is 7.11 Å². The Morgan fingerprint density at radius 2 is 2.14 bits per heavy atom. The molecule has 0 spiro atoms. The van der Waals surface area contributed by atoms with Gasteiger partial charge in [0, 0.05) is 40.5 Å². The van der Waals surface area contributed by atoms with Crippen molar-refractivity contribution in [2.24, 2.45) is 0 Å². The topological polar surface area (TPSA) is 34.2 Å². The standard InChI is InChI=1S/C16H18BrFN2O/c1-3-19-16(8-12-5-4-11(17)10-20-12)14-7-6-13(21-2)9-15(14)18/h4-7,9-10,16,19H,3,8H2,1-2H3. The van der Waals surface area contributed by atoms with E-state index < -0.39 is 0 Å². The normalized spacial score (nSPS) is 12.2. The van der Waals surface area contributed by atoms with Crippen LogP contribution in [-0.2, 0) is 6.42 Å². The first-order valence-corrected chi connectivity index (χ1v) is 7.60. The van der Waals surface area contributed by atoms with E-state index in [-0.39, 0.29) is 11.9 Å². The van der Waals surface area contributed by atoms with Crippen molar-refractivity contribution in [2.45, 2.75) is 19.4 Å². The van der Waals surface area contributed by atoms with Crippen molar-refractivity contribution in [1.82, 2.24) is 10.3 Å². The third-order valence-electron chi connectivity index (χ3n) is 3.24. The molecule has 0 fully saturated rings. The predicted molar refractivity (Wildman–Crippen MR) is 85.0 cm³/mol. The van der Waals surface area contributed by atoms with Crippen molar-refractivity contribution in [3.63, 3.8) is 0 Å². The fourth-order valence-corrected chi connectivity index (χ4v) is 2.43. The van der Waals surface area contributed by atoms with Gasteiger partial charge in [-0.15, -0.1) is 0 Å². The first kappa shape index (κ1) is 15.9. The number of aromatic nitrogens is 1. The highest BCUT2D eigenvalue weighted by Gasteiger charge is 2.16. The molecule has 1 aromatic carbocycles. The van der Waals surface area contributed by atoms with E-state index in [0.29, 0.717) is 17.7 Å². The summed E-state index contributed by atoms with van der Waals surface area (Å²) in [5.41, 5.74) is 1.54. The number of pyridine rings is 1. The zero-order chi connectivity index (χ0) is 15.2. The van der Waals surface area contributed by atoms with Gasteiger partial charge < -0.3 is 10.1 Å². The zero-order valence-corrected chi connectivity index (χ0v) is 13.7. The minimum atomic E-state index is -0.266. The van der Waals surface area contributed by atoms with Crippen molar-refractivity contribution in [3.8, 4) is 5.75 Å². The summed E-state index contributed by atoms with van der Waals surface area (Å²) < 4.78 is 20.2. The lowest BCUT2D eigenvalue weighted by atomic mass is 10.0. The quantitative estimate of drug-likeness (QED) is 0.856. The second-order valence-corrected chi connectivity index (χ2v) is 5.59. The Kier molecular flexibility index (Phi) is 5.70. The lowest BCUT2D eigenvalue weighted by molar-refractivity contribution is 0.409. The summed E-state index contributed by atoms with van der Waals surface area (Å²) in [7, 11) is 1.53. The Balaban J connectivity index is 2.24. The molecule has 0 saturated heterocycles. The van der Waals surface area contributed by atoms with Crippen molar-refractivity contribution >= 4 is 15.9 Å². The van der Waals surface area contributed by atoms with Gasteiger partial charge in [0.1, 0.15) is 11.6 Å². The smallest absolute Gasteiger partial charge is 0.131 e. The van der Waals surface area contributed by atoms with Crippen LogP contribution in [0.25, 0.3) is 0 Å². The number of nitrogens with zero attached hydrogens (tertiary/aromatic N) is 1. The van der Waals surface area contributed by atoms with Gasteiger partial charge in [0.15, 0.2) is 0 Å². The summed E-state index contributed by atoms with van der Waals surface area (Å²) in [6.07, 6.45) is 2.38. The van der Waals surface area contributed by atoms with Gasteiger partial charge in [-0.05, 0) is 40.7 Å². The fourth-order valence-electron chi connectivity index (χ4n) is 2.19. The van der Waals surface area contributed by atoms with Crippen LogP contribution >= 0.6 is 15.9 Å². The largest absolute Gasteiger partial charge is 0.497 e. The molecule has 5 heteroatoms. The number of hydrogen-bond donors (Lipinski definition) is 1. The predicted octanol–water partition coefficient (Wildman–Crippen LogP) is 3.89. The average Bonchev–Trinajstić information content (AvgIpc) is 2.49. The number of hydrogen-bond acceptors (Lipinski definition) is 3. The maximum absolute atomic E-state index is 14.2. The summed E-state index contributed by atoms with van der Waals surface area (Å²) in [5, 5.41) is 3.31. The van der Waals surface area contributed by atoms with Crippen LogP contribution in [0.4, 0.5) is 4.39 Å². The minimum absolute atomic E-state index is 0.116. The number of halogens is 2. The molecule has 0 aliphatic carbocycles. The van der Waals surface area contributed by atoms with Gasteiger partial charge in [0.2, 0.25) is 0 Å². The summed E-state index contributed by atoms with van der Waals surface area (Å²) in [6.45, 7) is 2.76. The molecule has 112 valence electrons. The van der Waals surface area contributed by atoms with Crippen LogP contribution in [0.1, 0.15) is 24.2 Å². The van der Waals surface area contributed by atoms with E-state index in [1.807, 2.05) is 19.1 Å². The van der Waals surface area contributed by atoms with Crippen LogP contribution in [-0.4, -0.2) is 18.6 Å². The summed E-state index contributed by atoms with van der Waals surface area (Å²) in [4.78, 5) is 4.36. The molecule has 1 heterocycles. The van der Waals surface area contributed by atoms with Crippen molar-refractivity contribution in [3.05, 3.63) is 58.1 Å². The van der Waals surface area contributed by atoms with E-state index in [4.69, 9.17) is 4.74 Å². The Labute approximate surface area is 132 Å². The molecule has 0 aliphatic rings. The van der Waals surface area contributed by atoms with Gasteiger partial charge >= 0.3 is 0 Å². The molecule has 0 radical (unpaired) electrons. The Morgan fingerprint density at radius 1 is 1.33 bits per heavy atom. The lowest BCUT2D eigenvalue weighted by Gasteiger charge is -2.19. The second-order valence-electron chi connectivity index (χ2n) is 4.67. The first-order valence-electron chi connectivity index (χ1n) is 6.81. The minimum Gasteiger partial charge on any atom is -0.497 e. The number of nitrogens with one attached hydrogen (secondary N) is 1. The molecule has 1 N–H and O–H groups in total. The maximum Gasteiger partial charge on any atom is 0.131 e. The van der Waals surface area contributed by atoms with Crippen LogP contribution in [0.15, 0.2) is 41.0 Å². The highest BCUT2D eigenvalue weighted by atomic mass is 79.9. The van der Waals surface area contributed by atoms with E-state index in [9.17, 15) is 4.39 Å². The molecular weight excluding hydrogens is 335 g/mol. The number of likely N-dealkylation sites (N-methyl/N-ethyl adjacent to an activating group) is 1. The molecule has 1 aromatic heterocycles.